The molecule has 0 aromatic carbocycles. The van der Waals surface area contributed by atoms with Gasteiger partial charge in [-0.05, 0) is 44.4 Å². The molecule has 3 heterocycles. The number of anilines is 1. The second-order valence-electron chi connectivity index (χ2n) is 7.15. The Morgan fingerprint density at radius 1 is 1.33 bits per heavy atom. The van der Waals surface area contributed by atoms with Gasteiger partial charge in [0.05, 0.1) is 0 Å². The fourth-order valence-electron chi connectivity index (χ4n) is 3.40. The maximum atomic E-state index is 4.53. The van der Waals surface area contributed by atoms with Crippen molar-refractivity contribution in [1.82, 2.24) is 15.2 Å². The normalized spacial score (nSPS) is 21.2. The summed E-state index contributed by atoms with van der Waals surface area (Å²) in [5.41, 5.74) is 1.26. The number of guanidine groups is 1. The quantitative estimate of drug-likeness (QED) is 0.672. The van der Waals surface area contributed by atoms with E-state index in [1.165, 1.54) is 18.4 Å². The van der Waals surface area contributed by atoms with Crippen LogP contribution in [-0.2, 0) is 6.54 Å². The second kappa shape index (κ2) is 7.64. The van der Waals surface area contributed by atoms with Crippen molar-refractivity contribution in [3.8, 4) is 0 Å². The average molecular weight is 348 g/mol. The molecule has 2 aliphatic heterocycles. The van der Waals surface area contributed by atoms with E-state index in [1.54, 1.807) is 0 Å². The van der Waals surface area contributed by atoms with E-state index in [0.717, 1.165) is 50.3 Å². The molecule has 3 rings (SSSR count). The molecule has 0 unspecified atom stereocenters. The van der Waals surface area contributed by atoms with E-state index in [1.807, 2.05) is 25.0 Å². The van der Waals surface area contributed by atoms with Gasteiger partial charge in [-0.15, -0.1) is 0 Å². The van der Waals surface area contributed by atoms with Gasteiger partial charge in [-0.25, -0.2) is 4.98 Å². The molecule has 2 fully saturated rings. The second-order valence-corrected chi connectivity index (χ2v) is 8.95. The Morgan fingerprint density at radius 3 is 2.83 bits per heavy atom. The van der Waals surface area contributed by atoms with Gasteiger partial charge >= 0.3 is 0 Å². The highest BCUT2D eigenvalue weighted by molar-refractivity contribution is 8.00. The van der Waals surface area contributed by atoms with E-state index >= 15 is 0 Å². The number of hydrogen-bond acceptors (Lipinski definition) is 4. The van der Waals surface area contributed by atoms with Crippen molar-refractivity contribution in [2.75, 3.05) is 43.9 Å². The summed E-state index contributed by atoms with van der Waals surface area (Å²) in [6.45, 7) is 9.76. The Morgan fingerprint density at radius 2 is 2.12 bits per heavy atom. The van der Waals surface area contributed by atoms with E-state index in [4.69, 9.17) is 0 Å². The van der Waals surface area contributed by atoms with Crippen LogP contribution in [0.15, 0.2) is 23.3 Å². The summed E-state index contributed by atoms with van der Waals surface area (Å²) < 4.78 is 0.287. The van der Waals surface area contributed by atoms with Crippen molar-refractivity contribution in [1.29, 1.82) is 0 Å². The molecule has 0 amide bonds. The monoisotopic (exact) mass is 347 g/mol. The molecule has 0 radical (unpaired) electrons. The first-order valence-corrected chi connectivity index (χ1v) is 9.85. The van der Waals surface area contributed by atoms with Crippen molar-refractivity contribution in [2.45, 2.75) is 38.0 Å². The first-order chi connectivity index (χ1) is 11.6. The number of hydrogen-bond donors (Lipinski definition) is 1. The zero-order chi connectivity index (χ0) is 17.0. The molecule has 0 aliphatic carbocycles. The van der Waals surface area contributed by atoms with Crippen molar-refractivity contribution < 1.29 is 0 Å². The van der Waals surface area contributed by atoms with Gasteiger partial charge in [-0.3, -0.25) is 4.99 Å². The molecule has 132 valence electrons. The first-order valence-electron chi connectivity index (χ1n) is 8.87. The lowest BCUT2D eigenvalue weighted by molar-refractivity contribution is 0.375. The van der Waals surface area contributed by atoms with Gasteiger partial charge in [0.25, 0.3) is 0 Å². The predicted molar refractivity (Wildman–Crippen MR) is 104 cm³/mol. The van der Waals surface area contributed by atoms with Crippen LogP contribution in [0.2, 0.25) is 0 Å². The van der Waals surface area contributed by atoms with Crippen LogP contribution >= 0.6 is 11.8 Å². The summed E-state index contributed by atoms with van der Waals surface area (Å²) >= 11 is 2.04. The maximum Gasteiger partial charge on any atom is 0.193 e. The molecular formula is C18H29N5S. The molecule has 6 heteroatoms. The Hall–Kier alpha value is -1.43. The minimum absolute atomic E-state index is 0.287. The van der Waals surface area contributed by atoms with E-state index in [-0.39, 0.29) is 4.75 Å². The van der Waals surface area contributed by atoms with E-state index in [0.29, 0.717) is 0 Å². The van der Waals surface area contributed by atoms with Crippen molar-refractivity contribution >= 4 is 23.5 Å². The lowest BCUT2D eigenvalue weighted by Gasteiger charge is -2.39. The maximum absolute atomic E-state index is 4.53. The zero-order valence-electron chi connectivity index (χ0n) is 15.1. The highest BCUT2D eigenvalue weighted by atomic mass is 32.2. The predicted octanol–water partition coefficient (Wildman–Crippen LogP) is 2.58. The molecule has 0 spiro atoms. The molecule has 2 saturated heterocycles. The van der Waals surface area contributed by atoms with Gasteiger partial charge in [0.2, 0.25) is 0 Å². The van der Waals surface area contributed by atoms with Crippen LogP contribution in [0, 0.1) is 0 Å². The third-order valence-electron chi connectivity index (χ3n) is 4.63. The van der Waals surface area contributed by atoms with E-state index in [9.17, 15) is 0 Å². The minimum atomic E-state index is 0.287. The van der Waals surface area contributed by atoms with Crippen LogP contribution in [0.25, 0.3) is 0 Å². The van der Waals surface area contributed by atoms with Gasteiger partial charge in [0.1, 0.15) is 5.82 Å². The lowest BCUT2D eigenvalue weighted by Crippen LogP contribution is -2.50. The summed E-state index contributed by atoms with van der Waals surface area (Å²) in [6, 6.07) is 4.30. The number of nitrogens with zero attached hydrogens (tertiary/aromatic N) is 4. The molecule has 1 aromatic heterocycles. The number of aliphatic imine (C=N–C) groups is 1. The molecule has 0 atom stereocenters. The number of rotatable bonds is 3. The number of thioether (sulfide) groups is 1. The van der Waals surface area contributed by atoms with Gasteiger partial charge in [-0.1, -0.05) is 0 Å². The molecule has 24 heavy (non-hydrogen) atoms. The van der Waals surface area contributed by atoms with E-state index < -0.39 is 0 Å². The van der Waals surface area contributed by atoms with Gasteiger partial charge in [0.15, 0.2) is 5.96 Å². The van der Waals surface area contributed by atoms with Crippen molar-refractivity contribution in [3.63, 3.8) is 0 Å². The zero-order valence-corrected chi connectivity index (χ0v) is 15.9. The first kappa shape index (κ1) is 17.4. The lowest BCUT2D eigenvalue weighted by atomic mass is 10.2. The topological polar surface area (TPSA) is 43.8 Å². The molecule has 5 nitrogen and oxygen atoms in total. The Kier molecular flexibility index (Phi) is 5.54. The smallest absolute Gasteiger partial charge is 0.193 e. The van der Waals surface area contributed by atoms with Crippen LogP contribution in [0.3, 0.4) is 0 Å². The van der Waals surface area contributed by atoms with Crippen LogP contribution in [-0.4, -0.2) is 59.6 Å². The number of aromatic nitrogens is 1. The van der Waals surface area contributed by atoms with Gasteiger partial charge in [0, 0.05) is 56.5 Å². The highest BCUT2D eigenvalue weighted by Gasteiger charge is 2.28. The summed E-state index contributed by atoms with van der Waals surface area (Å²) in [6.07, 6.45) is 4.48. The summed E-state index contributed by atoms with van der Waals surface area (Å²) in [5, 5.41) is 3.53. The fourth-order valence-corrected chi connectivity index (χ4v) is 4.51. The molecule has 1 N–H and O–H groups in total. The number of nitrogens with one attached hydrogen (secondary N) is 1. The van der Waals surface area contributed by atoms with Crippen LogP contribution in [0.5, 0.6) is 0 Å². The third-order valence-corrected chi connectivity index (χ3v) is 5.92. The minimum Gasteiger partial charge on any atom is -0.357 e. The van der Waals surface area contributed by atoms with Crippen LogP contribution < -0.4 is 10.2 Å². The van der Waals surface area contributed by atoms with Crippen molar-refractivity contribution in [2.24, 2.45) is 4.99 Å². The Balaban J connectivity index is 1.60. The summed E-state index contributed by atoms with van der Waals surface area (Å²) in [4.78, 5) is 13.8. The SMILES string of the molecule is CN=C(NCc1ccnc(N2CCCC2)c1)N1CCSC(C)(C)C1. The van der Waals surface area contributed by atoms with Gasteiger partial charge in [-0.2, -0.15) is 11.8 Å². The number of pyridine rings is 1. The molecule has 0 bridgehead atoms. The Labute approximate surface area is 149 Å². The largest absolute Gasteiger partial charge is 0.357 e. The molecular weight excluding hydrogens is 318 g/mol. The Bertz CT molecular complexity index is 581. The van der Waals surface area contributed by atoms with E-state index in [2.05, 4.69) is 51.1 Å². The summed E-state index contributed by atoms with van der Waals surface area (Å²) in [5.74, 6) is 3.27. The fraction of sp³-hybridized carbons (Fsp3) is 0.667. The average Bonchev–Trinajstić information content (AvgIpc) is 3.09. The van der Waals surface area contributed by atoms with Crippen LogP contribution in [0.1, 0.15) is 32.3 Å². The standard InChI is InChI=1S/C18H29N5S/c1-18(2)14-23(10-11-24-18)17(19-3)21-13-15-6-7-20-16(12-15)22-8-4-5-9-22/h6-7,12H,4-5,8-11,13-14H2,1-3H3,(H,19,21). The summed E-state index contributed by atoms with van der Waals surface area (Å²) in [7, 11) is 1.87. The van der Waals surface area contributed by atoms with Gasteiger partial charge < -0.3 is 15.1 Å². The molecule has 0 saturated carbocycles. The molecule has 2 aliphatic rings. The van der Waals surface area contributed by atoms with Crippen molar-refractivity contribution in [3.05, 3.63) is 23.9 Å². The molecule has 1 aromatic rings. The highest BCUT2D eigenvalue weighted by Crippen LogP contribution is 2.29. The third kappa shape index (κ3) is 4.35. The van der Waals surface area contributed by atoms with Crippen LogP contribution in [0.4, 0.5) is 5.82 Å².